The van der Waals surface area contributed by atoms with E-state index in [0.29, 0.717) is 29.2 Å². The molecule has 1 aromatic heterocycles. The van der Waals surface area contributed by atoms with Crippen molar-refractivity contribution in [2.45, 2.75) is 30.7 Å². The summed E-state index contributed by atoms with van der Waals surface area (Å²) in [6, 6.07) is 7.48. The van der Waals surface area contributed by atoms with Gasteiger partial charge in [-0.3, -0.25) is 4.79 Å². The van der Waals surface area contributed by atoms with E-state index in [1.807, 2.05) is 19.1 Å². The zero-order valence-corrected chi connectivity index (χ0v) is 18.0. The second kappa shape index (κ2) is 7.93. The van der Waals surface area contributed by atoms with Gasteiger partial charge in [-0.2, -0.15) is 4.31 Å². The van der Waals surface area contributed by atoms with E-state index in [1.165, 1.54) is 27.8 Å². The molecule has 2 aromatic carbocycles. The minimum Gasteiger partial charge on any atom is -0.494 e. The summed E-state index contributed by atoms with van der Waals surface area (Å²) in [7, 11) is -2.36. The Hall–Kier alpha value is -2.56. The van der Waals surface area contributed by atoms with Crippen LogP contribution in [-0.2, 0) is 14.8 Å². The molecule has 1 N–H and O–H groups in total. The monoisotopic (exact) mass is 449 g/mol. The lowest BCUT2D eigenvalue weighted by Gasteiger charge is -2.23. The zero-order chi connectivity index (χ0) is 21.5. The number of ether oxygens (including phenoxy) is 1. The number of hydrogen-bond donors (Lipinski definition) is 1. The third-order valence-corrected chi connectivity index (χ3v) is 8.11. The third-order valence-electron chi connectivity index (χ3n) is 5.08. The molecular weight excluding hydrogens is 429 g/mol. The number of nitrogens with zero attached hydrogens (tertiary/aromatic N) is 2. The first-order chi connectivity index (χ1) is 14.3. The quantitative estimate of drug-likeness (QED) is 0.644. The first kappa shape index (κ1) is 20.7. The van der Waals surface area contributed by atoms with Gasteiger partial charge in [0.25, 0.3) is 0 Å². The summed E-state index contributed by atoms with van der Waals surface area (Å²) in [6.45, 7) is 2.17. The number of hydrogen-bond acceptors (Lipinski definition) is 6. The molecule has 1 amide bonds. The van der Waals surface area contributed by atoms with Gasteiger partial charge in [0.15, 0.2) is 5.13 Å². The number of benzene rings is 2. The number of aromatic nitrogens is 1. The number of nitrogens with one attached hydrogen (secondary N) is 1. The lowest BCUT2D eigenvalue weighted by Crippen LogP contribution is -2.43. The van der Waals surface area contributed by atoms with Crippen LogP contribution in [0.15, 0.2) is 41.3 Å². The van der Waals surface area contributed by atoms with Gasteiger partial charge in [-0.05, 0) is 55.7 Å². The number of amides is 1. The number of fused-ring (bicyclic) bond motifs is 1. The number of methoxy groups -OCH3 is 1. The van der Waals surface area contributed by atoms with Crippen molar-refractivity contribution in [2.75, 3.05) is 19.0 Å². The second-order valence-corrected chi connectivity index (χ2v) is 9.89. The molecule has 0 bridgehead atoms. The number of rotatable bonds is 5. The molecule has 0 saturated carbocycles. The lowest BCUT2D eigenvalue weighted by molar-refractivity contribution is -0.119. The van der Waals surface area contributed by atoms with E-state index in [0.717, 1.165) is 22.4 Å². The van der Waals surface area contributed by atoms with Gasteiger partial charge in [0.05, 0.1) is 16.7 Å². The molecule has 1 aliphatic heterocycles. The van der Waals surface area contributed by atoms with E-state index in [4.69, 9.17) is 4.74 Å². The van der Waals surface area contributed by atoms with Crippen molar-refractivity contribution in [3.63, 3.8) is 0 Å². The van der Waals surface area contributed by atoms with Crippen molar-refractivity contribution in [3.05, 3.63) is 47.8 Å². The van der Waals surface area contributed by atoms with E-state index in [1.54, 1.807) is 7.11 Å². The molecule has 1 aliphatic rings. The number of halogens is 1. The highest BCUT2D eigenvalue weighted by molar-refractivity contribution is 7.89. The molecule has 2 heterocycles. The number of anilines is 1. The predicted molar refractivity (Wildman–Crippen MR) is 113 cm³/mol. The summed E-state index contributed by atoms with van der Waals surface area (Å²) in [4.78, 5) is 17.4. The summed E-state index contributed by atoms with van der Waals surface area (Å²) in [5, 5.41) is 3.14. The summed E-state index contributed by atoms with van der Waals surface area (Å²) >= 11 is 1.31. The number of aryl methyl sites for hydroxylation is 1. The lowest BCUT2D eigenvalue weighted by atomic mass is 10.2. The SMILES string of the molecule is COc1ccc(C)c2sc(NC(=O)C3CCCN3S(=O)(=O)c3ccc(F)cc3)nc12. The number of carbonyl (C=O) groups excluding carboxylic acids is 1. The Morgan fingerprint density at radius 2 is 2.00 bits per heavy atom. The standard InChI is InChI=1S/C20H20FN3O4S2/c1-12-5-10-16(28-2)17-18(12)29-20(22-17)23-19(25)15-4-3-11-24(15)30(26,27)14-8-6-13(21)7-9-14/h5-10,15H,3-4,11H2,1-2H3,(H,22,23,25). The zero-order valence-electron chi connectivity index (χ0n) is 16.4. The van der Waals surface area contributed by atoms with Crippen LogP contribution in [0.5, 0.6) is 5.75 Å². The fourth-order valence-corrected chi connectivity index (χ4v) is 6.16. The minimum absolute atomic E-state index is 0.0380. The fourth-order valence-electron chi connectivity index (χ4n) is 3.55. The van der Waals surface area contributed by atoms with Crippen LogP contribution in [0.4, 0.5) is 9.52 Å². The topological polar surface area (TPSA) is 88.6 Å². The number of thiazole rings is 1. The summed E-state index contributed by atoms with van der Waals surface area (Å²) in [5.74, 6) is -0.353. The fraction of sp³-hybridized carbons (Fsp3) is 0.300. The molecule has 1 saturated heterocycles. The maximum Gasteiger partial charge on any atom is 0.244 e. The van der Waals surface area contributed by atoms with Crippen LogP contribution < -0.4 is 10.1 Å². The molecule has 0 spiro atoms. The molecule has 0 aliphatic carbocycles. The molecule has 1 fully saturated rings. The van der Waals surface area contributed by atoms with E-state index in [2.05, 4.69) is 10.3 Å². The number of sulfonamides is 1. The maximum absolute atomic E-state index is 13.2. The van der Waals surface area contributed by atoms with E-state index in [-0.39, 0.29) is 11.4 Å². The summed E-state index contributed by atoms with van der Waals surface area (Å²) < 4.78 is 46.5. The van der Waals surface area contributed by atoms with Crippen LogP contribution in [0.2, 0.25) is 0 Å². The van der Waals surface area contributed by atoms with E-state index in [9.17, 15) is 17.6 Å². The van der Waals surface area contributed by atoms with Gasteiger partial charge >= 0.3 is 0 Å². The van der Waals surface area contributed by atoms with E-state index < -0.39 is 27.8 Å². The molecule has 7 nitrogen and oxygen atoms in total. The van der Waals surface area contributed by atoms with Crippen molar-refractivity contribution in [3.8, 4) is 5.75 Å². The minimum atomic E-state index is -3.92. The molecule has 3 aromatic rings. The Labute approximate surface area is 177 Å². The van der Waals surface area contributed by atoms with Crippen LogP contribution in [0.1, 0.15) is 18.4 Å². The van der Waals surface area contributed by atoms with Crippen molar-refractivity contribution in [2.24, 2.45) is 0 Å². The van der Waals surface area contributed by atoms with Gasteiger partial charge in [-0.1, -0.05) is 17.4 Å². The van der Waals surface area contributed by atoms with Crippen molar-refractivity contribution in [1.82, 2.24) is 9.29 Å². The molecule has 30 heavy (non-hydrogen) atoms. The smallest absolute Gasteiger partial charge is 0.244 e. The molecular formula is C20H20FN3O4S2. The normalized spacial score (nSPS) is 17.4. The first-order valence-corrected chi connectivity index (χ1v) is 11.6. The van der Waals surface area contributed by atoms with Crippen LogP contribution in [0.25, 0.3) is 10.2 Å². The second-order valence-electron chi connectivity index (χ2n) is 7.00. The third kappa shape index (κ3) is 3.66. The number of carbonyl (C=O) groups is 1. The van der Waals surface area contributed by atoms with Gasteiger partial charge in [0, 0.05) is 6.54 Å². The van der Waals surface area contributed by atoms with Crippen LogP contribution >= 0.6 is 11.3 Å². The molecule has 1 unspecified atom stereocenters. The molecule has 1 atom stereocenters. The van der Waals surface area contributed by atoms with Crippen molar-refractivity contribution in [1.29, 1.82) is 0 Å². The average Bonchev–Trinajstić information content (AvgIpc) is 3.37. The van der Waals surface area contributed by atoms with Gasteiger partial charge in [-0.25, -0.2) is 17.8 Å². The van der Waals surface area contributed by atoms with Gasteiger partial charge < -0.3 is 10.1 Å². The van der Waals surface area contributed by atoms with Gasteiger partial charge in [0.2, 0.25) is 15.9 Å². The predicted octanol–water partition coefficient (Wildman–Crippen LogP) is 3.54. The van der Waals surface area contributed by atoms with Gasteiger partial charge in [0.1, 0.15) is 23.1 Å². The van der Waals surface area contributed by atoms with Crippen LogP contribution in [0.3, 0.4) is 0 Å². The van der Waals surface area contributed by atoms with Gasteiger partial charge in [-0.15, -0.1) is 0 Å². The Bertz CT molecular complexity index is 1210. The van der Waals surface area contributed by atoms with Crippen LogP contribution in [-0.4, -0.2) is 43.3 Å². The maximum atomic E-state index is 13.2. The highest BCUT2D eigenvalue weighted by Crippen LogP contribution is 2.35. The van der Waals surface area contributed by atoms with Crippen LogP contribution in [0, 0.1) is 12.7 Å². The molecule has 158 valence electrons. The highest BCUT2D eigenvalue weighted by atomic mass is 32.2. The molecule has 0 radical (unpaired) electrons. The molecule has 4 rings (SSSR count). The Morgan fingerprint density at radius 3 is 2.70 bits per heavy atom. The Balaban J connectivity index is 1.59. The van der Waals surface area contributed by atoms with Crippen molar-refractivity contribution < 1.29 is 22.3 Å². The largest absolute Gasteiger partial charge is 0.494 e. The summed E-state index contributed by atoms with van der Waals surface area (Å²) in [6.07, 6.45) is 0.963. The first-order valence-electron chi connectivity index (χ1n) is 9.33. The van der Waals surface area contributed by atoms with E-state index >= 15 is 0 Å². The summed E-state index contributed by atoms with van der Waals surface area (Å²) in [5.41, 5.74) is 1.66. The Kier molecular flexibility index (Phi) is 5.48. The van der Waals surface area contributed by atoms with Crippen molar-refractivity contribution >= 4 is 42.6 Å². The molecule has 10 heteroatoms. The average molecular weight is 450 g/mol. The highest BCUT2D eigenvalue weighted by Gasteiger charge is 2.39. The Morgan fingerprint density at radius 1 is 1.27 bits per heavy atom.